The van der Waals surface area contributed by atoms with E-state index >= 15 is 0 Å². The van der Waals surface area contributed by atoms with Crippen LogP contribution in [0, 0.1) is 0 Å². The highest BCUT2D eigenvalue weighted by Crippen LogP contribution is 2.21. The second-order valence-corrected chi connectivity index (χ2v) is 5.37. The minimum absolute atomic E-state index is 0.191. The lowest BCUT2D eigenvalue weighted by Crippen LogP contribution is -2.52. The van der Waals surface area contributed by atoms with E-state index in [1.54, 1.807) is 6.20 Å². The van der Waals surface area contributed by atoms with E-state index in [1.807, 2.05) is 21.9 Å². The molecule has 0 radical (unpaired) electrons. The molecule has 0 bridgehead atoms. The maximum atomic E-state index is 12.3. The lowest BCUT2D eigenvalue weighted by molar-refractivity contribution is 0.159. The monoisotopic (exact) mass is 275 g/mol. The van der Waals surface area contributed by atoms with Crippen LogP contribution in [0.5, 0.6) is 0 Å². The maximum Gasteiger partial charge on any atom is 0.320 e. The third kappa shape index (κ3) is 2.50. The topological polar surface area (TPSA) is 65.7 Å². The summed E-state index contributed by atoms with van der Waals surface area (Å²) >= 11 is 0. The molecular weight excluding hydrogens is 254 g/mol. The third-order valence-corrected chi connectivity index (χ3v) is 4.04. The number of rotatable bonds is 1. The van der Waals surface area contributed by atoms with Crippen LogP contribution >= 0.6 is 0 Å². The van der Waals surface area contributed by atoms with Crippen LogP contribution in [0.25, 0.3) is 0 Å². The van der Waals surface area contributed by atoms with E-state index < -0.39 is 0 Å². The van der Waals surface area contributed by atoms with Gasteiger partial charge < -0.3 is 20.4 Å². The quantitative estimate of drug-likeness (QED) is 0.830. The molecule has 6 nitrogen and oxygen atoms in total. The molecule has 108 valence electrons. The van der Waals surface area contributed by atoms with Crippen LogP contribution in [0.3, 0.4) is 0 Å². The Morgan fingerprint density at radius 2 is 1.70 bits per heavy atom. The highest BCUT2D eigenvalue weighted by molar-refractivity contribution is 5.75. The van der Waals surface area contributed by atoms with Gasteiger partial charge in [0.15, 0.2) is 5.82 Å². The van der Waals surface area contributed by atoms with Crippen LogP contribution in [-0.4, -0.2) is 60.1 Å². The third-order valence-electron chi connectivity index (χ3n) is 4.04. The largest absolute Gasteiger partial charge is 0.396 e. The van der Waals surface area contributed by atoms with Gasteiger partial charge in [-0.15, -0.1) is 0 Å². The van der Waals surface area contributed by atoms with Crippen LogP contribution in [0.4, 0.5) is 16.3 Å². The summed E-state index contributed by atoms with van der Waals surface area (Å²) in [5.74, 6) is 0.834. The zero-order valence-corrected chi connectivity index (χ0v) is 11.7. The fourth-order valence-corrected chi connectivity index (χ4v) is 2.89. The fourth-order valence-electron chi connectivity index (χ4n) is 2.89. The fraction of sp³-hybridized carbons (Fsp3) is 0.571. The van der Waals surface area contributed by atoms with Gasteiger partial charge in [0.05, 0.1) is 5.69 Å². The van der Waals surface area contributed by atoms with Crippen molar-refractivity contribution in [3.63, 3.8) is 0 Å². The molecule has 2 aliphatic heterocycles. The molecule has 0 spiro atoms. The second-order valence-electron chi connectivity index (χ2n) is 5.37. The number of aromatic nitrogens is 1. The summed E-state index contributed by atoms with van der Waals surface area (Å²) in [5, 5.41) is 0. The van der Waals surface area contributed by atoms with Crippen molar-refractivity contribution >= 4 is 17.5 Å². The van der Waals surface area contributed by atoms with E-state index in [2.05, 4.69) is 9.88 Å². The lowest BCUT2D eigenvalue weighted by Gasteiger charge is -2.37. The molecule has 2 N–H and O–H groups in total. The summed E-state index contributed by atoms with van der Waals surface area (Å²) < 4.78 is 0. The Morgan fingerprint density at radius 1 is 1.05 bits per heavy atom. The number of carbonyl (C=O) groups excluding carboxylic acids is 1. The molecule has 0 aromatic carbocycles. The Morgan fingerprint density at radius 3 is 2.35 bits per heavy atom. The van der Waals surface area contributed by atoms with Crippen molar-refractivity contribution in [2.45, 2.75) is 12.8 Å². The van der Waals surface area contributed by atoms with Crippen molar-refractivity contribution in [2.24, 2.45) is 0 Å². The summed E-state index contributed by atoms with van der Waals surface area (Å²) in [7, 11) is 0. The molecule has 3 heterocycles. The van der Waals surface area contributed by atoms with Gasteiger partial charge in [0, 0.05) is 45.5 Å². The van der Waals surface area contributed by atoms with Gasteiger partial charge in [-0.05, 0) is 25.0 Å². The smallest absolute Gasteiger partial charge is 0.320 e. The average molecular weight is 275 g/mol. The highest BCUT2D eigenvalue weighted by Gasteiger charge is 2.27. The molecule has 0 saturated carbocycles. The van der Waals surface area contributed by atoms with E-state index in [-0.39, 0.29) is 6.03 Å². The SMILES string of the molecule is Nc1cccnc1N1CCN(C(=O)N2CCCC2)CC1. The zero-order valence-electron chi connectivity index (χ0n) is 11.7. The molecule has 2 amide bonds. The van der Waals surface area contributed by atoms with E-state index in [9.17, 15) is 4.79 Å². The average Bonchev–Trinajstić information content (AvgIpc) is 3.01. The summed E-state index contributed by atoms with van der Waals surface area (Å²) in [5.41, 5.74) is 6.65. The van der Waals surface area contributed by atoms with Crippen LogP contribution in [0.2, 0.25) is 0 Å². The number of hydrogen-bond donors (Lipinski definition) is 1. The molecule has 6 heteroatoms. The standard InChI is InChI=1S/C14H21N5O/c15-12-4-3-5-16-13(12)17-8-10-19(11-9-17)14(20)18-6-1-2-7-18/h3-5H,1-2,6-11,15H2. The number of nitrogen functional groups attached to an aromatic ring is 1. The maximum absolute atomic E-state index is 12.3. The number of carbonyl (C=O) groups is 1. The molecule has 1 aromatic heterocycles. The molecule has 20 heavy (non-hydrogen) atoms. The van der Waals surface area contributed by atoms with Gasteiger partial charge in [-0.3, -0.25) is 0 Å². The Kier molecular flexibility index (Phi) is 3.62. The lowest BCUT2D eigenvalue weighted by atomic mass is 10.3. The Bertz CT molecular complexity index is 478. The van der Waals surface area contributed by atoms with Crippen LogP contribution in [-0.2, 0) is 0 Å². The second kappa shape index (κ2) is 5.56. The highest BCUT2D eigenvalue weighted by atomic mass is 16.2. The Hall–Kier alpha value is -1.98. The minimum atomic E-state index is 0.191. The molecule has 2 fully saturated rings. The summed E-state index contributed by atoms with van der Waals surface area (Å²) in [6.07, 6.45) is 4.03. The van der Waals surface area contributed by atoms with E-state index in [4.69, 9.17) is 5.73 Å². The Labute approximate surface area is 119 Å². The van der Waals surface area contributed by atoms with Gasteiger partial charge in [-0.1, -0.05) is 0 Å². The number of piperazine rings is 1. The number of hydrogen-bond acceptors (Lipinski definition) is 4. The van der Waals surface area contributed by atoms with E-state index in [0.717, 1.165) is 57.9 Å². The number of pyridine rings is 1. The molecule has 2 aliphatic rings. The molecule has 0 atom stereocenters. The van der Waals surface area contributed by atoms with E-state index in [1.165, 1.54) is 0 Å². The number of amides is 2. The summed E-state index contributed by atoms with van der Waals surface area (Å²) in [4.78, 5) is 22.7. The predicted octanol–water partition coefficient (Wildman–Crippen LogP) is 1.00. The number of nitrogens with two attached hydrogens (primary N) is 1. The van der Waals surface area contributed by atoms with Crippen molar-refractivity contribution in [2.75, 3.05) is 49.9 Å². The predicted molar refractivity (Wildman–Crippen MR) is 78.6 cm³/mol. The summed E-state index contributed by atoms with van der Waals surface area (Å²) in [6.45, 7) is 4.89. The van der Waals surface area contributed by atoms with Gasteiger partial charge in [0.2, 0.25) is 0 Å². The van der Waals surface area contributed by atoms with Crippen molar-refractivity contribution < 1.29 is 4.79 Å². The molecule has 0 unspecified atom stereocenters. The van der Waals surface area contributed by atoms with Gasteiger partial charge in [0.25, 0.3) is 0 Å². The van der Waals surface area contributed by atoms with Crippen molar-refractivity contribution in [3.8, 4) is 0 Å². The van der Waals surface area contributed by atoms with Crippen LogP contribution < -0.4 is 10.6 Å². The molecule has 3 rings (SSSR count). The van der Waals surface area contributed by atoms with Crippen LogP contribution in [0.15, 0.2) is 18.3 Å². The first-order valence-electron chi connectivity index (χ1n) is 7.25. The number of urea groups is 1. The van der Waals surface area contributed by atoms with Gasteiger partial charge in [0.1, 0.15) is 0 Å². The summed E-state index contributed by atoms with van der Waals surface area (Å²) in [6, 6.07) is 3.90. The van der Waals surface area contributed by atoms with Gasteiger partial charge in [-0.2, -0.15) is 0 Å². The molecule has 2 saturated heterocycles. The first kappa shape index (κ1) is 13.0. The normalized spacial score (nSPS) is 19.5. The molecule has 1 aromatic rings. The van der Waals surface area contributed by atoms with Crippen molar-refractivity contribution in [3.05, 3.63) is 18.3 Å². The Balaban J connectivity index is 1.59. The number of nitrogens with zero attached hydrogens (tertiary/aromatic N) is 4. The van der Waals surface area contributed by atoms with E-state index in [0.29, 0.717) is 5.69 Å². The molecular formula is C14H21N5O. The first-order valence-corrected chi connectivity index (χ1v) is 7.25. The number of anilines is 2. The first-order chi connectivity index (χ1) is 9.75. The van der Waals surface area contributed by atoms with Gasteiger partial charge in [-0.25, -0.2) is 9.78 Å². The number of likely N-dealkylation sites (tertiary alicyclic amines) is 1. The molecule has 0 aliphatic carbocycles. The minimum Gasteiger partial charge on any atom is -0.396 e. The van der Waals surface area contributed by atoms with Crippen molar-refractivity contribution in [1.82, 2.24) is 14.8 Å². The zero-order chi connectivity index (χ0) is 13.9. The van der Waals surface area contributed by atoms with Crippen molar-refractivity contribution in [1.29, 1.82) is 0 Å². The van der Waals surface area contributed by atoms with Gasteiger partial charge >= 0.3 is 6.03 Å². The van der Waals surface area contributed by atoms with Crippen LogP contribution in [0.1, 0.15) is 12.8 Å².